The molecule has 5 aromatic rings. The highest BCUT2D eigenvalue weighted by molar-refractivity contribution is 6.34. The molecule has 0 bridgehead atoms. The molecule has 0 saturated heterocycles. The predicted molar refractivity (Wildman–Crippen MR) is 130 cm³/mol. The number of nitrogens with one attached hydrogen (secondary N) is 1. The minimum absolute atomic E-state index is 0.325. The lowest BCUT2D eigenvalue weighted by atomic mass is 9.86. The van der Waals surface area contributed by atoms with E-state index in [9.17, 15) is 49.6 Å². The van der Waals surface area contributed by atoms with Gasteiger partial charge in [0.25, 0.3) is 0 Å². The van der Waals surface area contributed by atoms with Crippen molar-refractivity contribution in [1.82, 2.24) is 4.98 Å². The van der Waals surface area contributed by atoms with Gasteiger partial charge in [0.2, 0.25) is 17.5 Å². The molecule has 5 rings (SSSR count). The molecule has 4 nitrogen and oxygen atoms in total. The van der Waals surface area contributed by atoms with Crippen LogP contribution in [0.3, 0.4) is 0 Å². The number of aromatic amines is 1. The molecule has 0 aliphatic carbocycles. The van der Waals surface area contributed by atoms with Gasteiger partial charge in [-0.05, 0) is 24.1 Å². The fourth-order valence-corrected chi connectivity index (χ4v) is 4.90. The summed E-state index contributed by atoms with van der Waals surface area (Å²) in [6, 6.07) is 0.325. The van der Waals surface area contributed by atoms with Crippen LogP contribution in [0.25, 0.3) is 44.3 Å². The number of aryl methyl sites for hydroxylation is 1. The van der Waals surface area contributed by atoms with Crippen molar-refractivity contribution in [3.63, 3.8) is 0 Å². The Hall–Kier alpha value is -4.85. The normalized spacial score (nSPS) is 11.6. The molecule has 0 spiro atoms. The van der Waals surface area contributed by atoms with Crippen molar-refractivity contribution in [2.45, 2.75) is 6.92 Å². The van der Waals surface area contributed by atoms with Gasteiger partial charge in [-0.1, -0.05) is 0 Å². The Labute approximate surface area is 249 Å². The zero-order chi connectivity index (χ0) is 35.1. The Morgan fingerprint density at radius 1 is 0.468 bits per heavy atom. The second-order valence-corrected chi connectivity index (χ2v) is 9.47. The van der Waals surface area contributed by atoms with Crippen molar-refractivity contribution >= 4 is 18.2 Å². The first-order chi connectivity index (χ1) is 21.8. The van der Waals surface area contributed by atoms with Crippen LogP contribution in [0.1, 0.15) is 5.56 Å². The number of fused-ring (bicyclic) bond motifs is 1. The number of rotatable bonds is 5. The fraction of sp³-hybridized carbons (Fsp3) is 0.0370. The maximum Gasteiger partial charge on any atom is 0.708 e. The number of hydrogen-bond donors (Lipinski definition) is 3. The van der Waals surface area contributed by atoms with Gasteiger partial charge in [-0.3, -0.25) is 0 Å². The van der Waals surface area contributed by atoms with E-state index in [0.29, 0.717) is 6.07 Å². The summed E-state index contributed by atoms with van der Waals surface area (Å²) in [4.78, 5) is 1.98. The van der Waals surface area contributed by atoms with Gasteiger partial charge in [-0.25, -0.2) is 65.9 Å². The molecule has 0 aliphatic rings. The number of hydrogen-bond acceptors (Lipinski definition) is 3. The molecule has 0 unspecified atom stereocenters. The van der Waals surface area contributed by atoms with E-state index < -0.39 is 150 Å². The van der Waals surface area contributed by atoms with Crippen molar-refractivity contribution in [2.24, 2.45) is 0 Å². The summed E-state index contributed by atoms with van der Waals surface area (Å²) >= 11 is 0. The molecular weight excluding hydrogens is 682 g/mol. The third-order valence-electron chi connectivity index (χ3n) is 6.86. The summed E-state index contributed by atoms with van der Waals surface area (Å²) in [5.74, 6) is -43.2. The summed E-state index contributed by atoms with van der Waals surface area (Å²) in [7, 11) is -3.06. The van der Waals surface area contributed by atoms with Crippen molar-refractivity contribution in [3.8, 4) is 39.3 Å². The lowest BCUT2D eigenvalue weighted by molar-refractivity contribution is 0.284. The monoisotopic (exact) mass is 689 g/mol. The topological polar surface area (TPSA) is 65.5 Å². The molecule has 20 heteroatoms. The molecule has 0 saturated carbocycles. The third-order valence-corrected chi connectivity index (χ3v) is 6.86. The van der Waals surface area contributed by atoms with E-state index >= 15 is 26.3 Å². The van der Waals surface area contributed by atoms with Crippen molar-refractivity contribution in [1.29, 1.82) is 0 Å². The van der Waals surface area contributed by atoms with E-state index in [-0.39, 0.29) is 0 Å². The molecule has 4 aromatic carbocycles. The molecule has 246 valence electrons. The SMILES string of the molecule is Cc1cc(-c2c(F)c(F)c(F)c(F)c2F)c(-c2c(F)c(F)c(F)c(F)c2F)c2c(-c3c(F)c(F)c(F)c(F)c3F)c(OB(O)O)[nH]c12. The average molecular weight is 689 g/mol. The second-order valence-electron chi connectivity index (χ2n) is 9.47. The molecule has 3 N–H and O–H groups in total. The number of H-pyrrole nitrogens is 1. The van der Waals surface area contributed by atoms with Crippen molar-refractivity contribution in [3.05, 3.63) is 98.9 Å². The Balaban J connectivity index is 2.21. The first-order valence-electron chi connectivity index (χ1n) is 12.1. The van der Waals surface area contributed by atoms with Crippen LogP contribution in [0.4, 0.5) is 65.9 Å². The summed E-state index contributed by atoms with van der Waals surface area (Å²) in [6.07, 6.45) is 0. The minimum Gasteiger partial charge on any atom is -0.498 e. The standard InChI is InChI=1S/C27H7BF15NO3/c1-3-2-4(6-11(29)17(35)23(41)18(36)12(6)30)5(9-13(31)19(37)24(42)20(38)14(9)32)7-8(27(44-26(3)7)47-28(45)46)10-15(33)21(39)25(43)22(40)16(10)34/h2,44-46H,1H3. The Morgan fingerprint density at radius 2 is 0.787 bits per heavy atom. The summed E-state index contributed by atoms with van der Waals surface area (Å²) in [5.41, 5.74) is -13.3. The van der Waals surface area contributed by atoms with Crippen molar-refractivity contribution in [2.75, 3.05) is 0 Å². The lowest BCUT2D eigenvalue weighted by Crippen LogP contribution is -2.21. The van der Waals surface area contributed by atoms with Crippen LogP contribution < -0.4 is 4.65 Å². The molecule has 0 aliphatic heterocycles. The largest absolute Gasteiger partial charge is 0.708 e. The second kappa shape index (κ2) is 11.4. The van der Waals surface area contributed by atoms with Crippen LogP contribution in [0.2, 0.25) is 0 Å². The van der Waals surface area contributed by atoms with Gasteiger partial charge in [0, 0.05) is 10.9 Å². The Kier molecular flexibility index (Phi) is 8.16. The molecule has 47 heavy (non-hydrogen) atoms. The van der Waals surface area contributed by atoms with Gasteiger partial charge < -0.3 is 19.7 Å². The molecule has 0 amide bonds. The lowest BCUT2D eigenvalue weighted by Gasteiger charge is -2.19. The van der Waals surface area contributed by atoms with Crippen LogP contribution in [0.15, 0.2) is 6.07 Å². The van der Waals surface area contributed by atoms with Crippen LogP contribution >= 0.6 is 0 Å². The minimum atomic E-state index is -3.06. The van der Waals surface area contributed by atoms with Gasteiger partial charge >= 0.3 is 7.32 Å². The summed E-state index contributed by atoms with van der Waals surface area (Å²) in [5, 5.41) is 17.3. The molecule has 1 aromatic heterocycles. The summed E-state index contributed by atoms with van der Waals surface area (Å²) < 4.78 is 224. The highest BCUT2D eigenvalue weighted by Gasteiger charge is 2.38. The van der Waals surface area contributed by atoms with Crippen LogP contribution in [0.5, 0.6) is 5.88 Å². The first-order valence-corrected chi connectivity index (χ1v) is 12.1. The van der Waals surface area contributed by atoms with E-state index in [1.807, 2.05) is 4.98 Å². The average Bonchev–Trinajstić information content (AvgIpc) is 3.38. The zero-order valence-corrected chi connectivity index (χ0v) is 22.1. The number of aromatic nitrogens is 1. The number of benzene rings is 4. The van der Waals surface area contributed by atoms with Gasteiger partial charge in [-0.2, -0.15) is 0 Å². The van der Waals surface area contributed by atoms with Crippen molar-refractivity contribution < 1.29 is 80.6 Å². The fourth-order valence-electron chi connectivity index (χ4n) is 4.90. The van der Waals surface area contributed by atoms with Gasteiger partial charge in [0.1, 0.15) is 0 Å². The van der Waals surface area contributed by atoms with Gasteiger partial charge in [0.15, 0.2) is 75.7 Å². The Bertz CT molecular complexity index is 2100. The number of halogens is 15. The third kappa shape index (κ3) is 4.76. The highest BCUT2D eigenvalue weighted by Crippen LogP contribution is 2.52. The zero-order valence-electron chi connectivity index (χ0n) is 22.1. The highest BCUT2D eigenvalue weighted by atomic mass is 19.2. The maximum absolute atomic E-state index is 15.4. The molecule has 0 fully saturated rings. The molecular formula is C27H7BF15NO3. The first kappa shape index (κ1) is 33.5. The van der Waals surface area contributed by atoms with Crippen LogP contribution in [-0.4, -0.2) is 22.4 Å². The molecule has 1 heterocycles. The quantitative estimate of drug-likeness (QED) is 0.0761. The smallest absolute Gasteiger partial charge is 0.498 e. The van der Waals surface area contributed by atoms with Gasteiger partial charge in [0.05, 0.1) is 27.8 Å². The molecule has 0 radical (unpaired) electrons. The van der Waals surface area contributed by atoms with E-state index in [0.717, 1.165) is 6.92 Å². The van der Waals surface area contributed by atoms with E-state index in [2.05, 4.69) is 4.65 Å². The predicted octanol–water partition coefficient (Wildman–Crippen LogP) is 7.91. The van der Waals surface area contributed by atoms with Gasteiger partial charge in [-0.15, -0.1) is 0 Å². The van der Waals surface area contributed by atoms with Crippen LogP contribution in [-0.2, 0) is 0 Å². The van der Waals surface area contributed by atoms with E-state index in [4.69, 9.17) is 0 Å². The Morgan fingerprint density at radius 3 is 1.15 bits per heavy atom. The van der Waals surface area contributed by atoms with E-state index in [1.54, 1.807) is 0 Å². The molecule has 0 atom stereocenters. The summed E-state index contributed by atoms with van der Waals surface area (Å²) in [6.45, 7) is 0.845. The maximum atomic E-state index is 15.4. The van der Waals surface area contributed by atoms with E-state index in [1.165, 1.54) is 0 Å². The van der Waals surface area contributed by atoms with Crippen LogP contribution in [0, 0.1) is 94.2 Å².